The predicted molar refractivity (Wildman–Crippen MR) is 120 cm³/mol. The van der Waals surface area contributed by atoms with Gasteiger partial charge < -0.3 is 14.5 Å². The third-order valence-corrected chi connectivity index (χ3v) is 6.19. The van der Waals surface area contributed by atoms with Gasteiger partial charge in [0.05, 0.1) is 21.4 Å². The first kappa shape index (κ1) is 20.0. The van der Waals surface area contributed by atoms with Gasteiger partial charge >= 0.3 is 0 Å². The Labute approximate surface area is 186 Å². The largest absolute Gasteiger partial charge is 0.455 e. The van der Waals surface area contributed by atoms with Gasteiger partial charge in [0, 0.05) is 43.1 Å². The number of likely N-dealkylation sites (N-methyl/N-ethyl adjacent to an activating group) is 1. The molecule has 4 rings (SSSR count). The van der Waals surface area contributed by atoms with Crippen molar-refractivity contribution in [2.75, 3.05) is 29.9 Å². The number of hydrogen-bond acceptors (Lipinski definition) is 4. The number of para-hydroxylation sites is 2. The Hall–Kier alpha value is -2.28. The molecule has 0 atom stereocenters. The second-order valence-corrected chi connectivity index (χ2v) is 8.21. The fourth-order valence-electron chi connectivity index (χ4n) is 3.19. The minimum absolute atomic E-state index is 0.187. The molecular formula is C21H16BrCl2N3O2. The van der Waals surface area contributed by atoms with Crippen molar-refractivity contribution < 1.29 is 9.53 Å². The predicted octanol–water partition coefficient (Wildman–Crippen LogP) is 6.04. The van der Waals surface area contributed by atoms with Crippen molar-refractivity contribution in [3.63, 3.8) is 0 Å². The molecule has 2 aromatic carbocycles. The molecule has 0 bridgehead atoms. The Kier molecular flexibility index (Phi) is 5.67. The van der Waals surface area contributed by atoms with Gasteiger partial charge in [0.15, 0.2) is 0 Å². The molecule has 0 saturated heterocycles. The molecule has 29 heavy (non-hydrogen) atoms. The van der Waals surface area contributed by atoms with Crippen LogP contribution in [0, 0.1) is 0 Å². The highest BCUT2D eigenvalue weighted by molar-refractivity contribution is 9.10. The lowest BCUT2D eigenvalue weighted by atomic mass is 10.1. The number of ether oxygens (including phenoxy) is 1. The normalized spacial score (nSPS) is 13.2. The highest BCUT2D eigenvalue weighted by Crippen LogP contribution is 2.38. The van der Waals surface area contributed by atoms with E-state index in [1.54, 1.807) is 29.3 Å². The fourth-order valence-corrected chi connectivity index (χ4v) is 4.03. The van der Waals surface area contributed by atoms with E-state index in [1.807, 2.05) is 31.3 Å². The van der Waals surface area contributed by atoms with Crippen LogP contribution >= 0.6 is 39.1 Å². The van der Waals surface area contributed by atoms with Crippen LogP contribution in [0.25, 0.3) is 0 Å². The number of benzene rings is 2. The quantitative estimate of drug-likeness (QED) is 0.418. The summed E-state index contributed by atoms with van der Waals surface area (Å²) in [5.74, 6) is 0.536. The lowest BCUT2D eigenvalue weighted by molar-refractivity contribution is 0.0984. The van der Waals surface area contributed by atoms with Crippen molar-refractivity contribution in [1.82, 2.24) is 4.98 Å². The minimum Gasteiger partial charge on any atom is -0.455 e. The summed E-state index contributed by atoms with van der Waals surface area (Å²) in [6, 6.07) is 12.7. The third-order valence-electron chi connectivity index (χ3n) is 4.69. The molecule has 2 heterocycles. The van der Waals surface area contributed by atoms with Crippen molar-refractivity contribution in [3.8, 4) is 11.5 Å². The van der Waals surface area contributed by atoms with Crippen LogP contribution in [-0.2, 0) is 0 Å². The van der Waals surface area contributed by atoms with E-state index in [0.29, 0.717) is 38.1 Å². The molecule has 0 unspecified atom stereocenters. The fraction of sp³-hybridized carbons (Fsp3) is 0.143. The summed E-state index contributed by atoms with van der Waals surface area (Å²) in [4.78, 5) is 21.4. The molecule has 1 amide bonds. The molecule has 0 aliphatic carbocycles. The Bertz CT molecular complexity index is 1090. The minimum atomic E-state index is -0.187. The monoisotopic (exact) mass is 491 g/mol. The van der Waals surface area contributed by atoms with Gasteiger partial charge in [0.2, 0.25) is 0 Å². The molecule has 1 aliphatic rings. The zero-order valence-electron chi connectivity index (χ0n) is 15.4. The smallest absolute Gasteiger partial charge is 0.263 e. The lowest BCUT2D eigenvalue weighted by Crippen LogP contribution is -2.42. The van der Waals surface area contributed by atoms with E-state index in [4.69, 9.17) is 27.9 Å². The van der Waals surface area contributed by atoms with Crippen molar-refractivity contribution in [2.24, 2.45) is 0 Å². The van der Waals surface area contributed by atoms with Crippen LogP contribution in [0.15, 0.2) is 59.3 Å². The zero-order chi connectivity index (χ0) is 20.5. The van der Waals surface area contributed by atoms with Gasteiger partial charge in [0.25, 0.3) is 5.91 Å². The topological polar surface area (TPSA) is 45.7 Å². The Morgan fingerprint density at radius 1 is 1.07 bits per heavy atom. The summed E-state index contributed by atoms with van der Waals surface area (Å²) in [6.07, 6.45) is 3.07. The van der Waals surface area contributed by atoms with E-state index in [0.717, 1.165) is 17.9 Å². The maximum atomic E-state index is 13.4. The maximum absolute atomic E-state index is 13.4. The molecule has 148 valence electrons. The number of halogens is 3. The second-order valence-electron chi connectivity index (χ2n) is 6.54. The number of hydrogen-bond donors (Lipinski definition) is 0. The number of amides is 1. The average molecular weight is 493 g/mol. The second kappa shape index (κ2) is 8.22. The highest BCUT2D eigenvalue weighted by Gasteiger charge is 2.28. The van der Waals surface area contributed by atoms with Crippen LogP contribution in [0.5, 0.6) is 11.5 Å². The summed E-state index contributed by atoms with van der Waals surface area (Å²) in [5, 5.41) is 0.834. The molecule has 0 N–H and O–H groups in total. The molecule has 3 aromatic rings. The summed E-state index contributed by atoms with van der Waals surface area (Å²) < 4.78 is 6.63. The first-order valence-electron chi connectivity index (χ1n) is 8.84. The van der Waals surface area contributed by atoms with Gasteiger partial charge in [0.1, 0.15) is 17.1 Å². The highest BCUT2D eigenvalue weighted by atomic mass is 79.9. The number of carbonyl (C=O) groups is 1. The Morgan fingerprint density at radius 2 is 1.83 bits per heavy atom. The first-order valence-corrected chi connectivity index (χ1v) is 10.4. The molecular weight excluding hydrogens is 477 g/mol. The average Bonchev–Trinajstić information content (AvgIpc) is 2.72. The molecule has 1 aliphatic heterocycles. The van der Waals surface area contributed by atoms with Crippen molar-refractivity contribution in [2.45, 2.75) is 0 Å². The molecule has 0 saturated carbocycles. The maximum Gasteiger partial charge on any atom is 0.263 e. The van der Waals surface area contributed by atoms with Crippen LogP contribution in [0.3, 0.4) is 0 Å². The molecule has 5 nitrogen and oxygen atoms in total. The van der Waals surface area contributed by atoms with Crippen LogP contribution in [-0.4, -0.2) is 31.0 Å². The van der Waals surface area contributed by atoms with Gasteiger partial charge in [-0.15, -0.1) is 0 Å². The van der Waals surface area contributed by atoms with E-state index in [9.17, 15) is 4.79 Å². The number of rotatable bonds is 3. The van der Waals surface area contributed by atoms with E-state index >= 15 is 0 Å². The van der Waals surface area contributed by atoms with E-state index in [-0.39, 0.29) is 5.91 Å². The number of anilines is 2. The number of nitrogens with zero attached hydrogens (tertiary/aromatic N) is 3. The van der Waals surface area contributed by atoms with Crippen LogP contribution < -0.4 is 14.5 Å². The molecule has 0 fully saturated rings. The number of aromatic nitrogens is 1. The van der Waals surface area contributed by atoms with Crippen LogP contribution in [0.1, 0.15) is 10.4 Å². The number of carbonyl (C=O) groups excluding carboxylic acids is 1. The van der Waals surface area contributed by atoms with E-state index in [2.05, 4.69) is 25.8 Å². The SMILES string of the molecule is CN1CCN(C(=O)c2cnccc2Oc2cc(Cl)c(Br)cc2Cl)c2ccccc21. The zero-order valence-corrected chi connectivity index (χ0v) is 18.5. The van der Waals surface area contributed by atoms with Gasteiger partial charge in [-0.1, -0.05) is 35.3 Å². The number of fused-ring (bicyclic) bond motifs is 1. The third kappa shape index (κ3) is 3.92. The summed E-state index contributed by atoms with van der Waals surface area (Å²) in [6.45, 7) is 1.29. The van der Waals surface area contributed by atoms with Crippen molar-refractivity contribution in [3.05, 3.63) is 74.9 Å². The van der Waals surface area contributed by atoms with Gasteiger partial charge in [-0.2, -0.15) is 0 Å². The number of pyridine rings is 1. The van der Waals surface area contributed by atoms with Gasteiger partial charge in [-0.3, -0.25) is 9.78 Å². The first-order chi connectivity index (χ1) is 14.0. The van der Waals surface area contributed by atoms with E-state index < -0.39 is 0 Å². The lowest BCUT2D eigenvalue weighted by Gasteiger charge is -2.35. The summed E-state index contributed by atoms with van der Waals surface area (Å²) >= 11 is 15.8. The summed E-state index contributed by atoms with van der Waals surface area (Å²) in [7, 11) is 2.01. The van der Waals surface area contributed by atoms with E-state index in [1.165, 1.54) is 6.20 Å². The van der Waals surface area contributed by atoms with Gasteiger partial charge in [-0.05, 0) is 40.2 Å². The standard InChI is InChI=1S/C21H16BrCl2N3O2/c1-26-8-9-27(18-5-3-2-4-17(18)26)21(28)13-12-25-7-6-19(13)29-20-11-15(23)14(22)10-16(20)24/h2-7,10-12H,8-9H2,1H3. The Balaban J connectivity index is 1.70. The van der Waals surface area contributed by atoms with Crippen LogP contribution in [0.4, 0.5) is 11.4 Å². The van der Waals surface area contributed by atoms with Gasteiger partial charge in [-0.25, -0.2) is 0 Å². The molecule has 1 aromatic heterocycles. The van der Waals surface area contributed by atoms with Crippen LogP contribution in [0.2, 0.25) is 10.0 Å². The molecule has 0 radical (unpaired) electrons. The molecule has 0 spiro atoms. The Morgan fingerprint density at radius 3 is 2.62 bits per heavy atom. The molecule has 8 heteroatoms. The summed E-state index contributed by atoms with van der Waals surface area (Å²) in [5.41, 5.74) is 2.20. The van der Waals surface area contributed by atoms with Crippen molar-refractivity contribution in [1.29, 1.82) is 0 Å². The van der Waals surface area contributed by atoms with Crippen molar-refractivity contribution >= 4 is 56.4 Å².